The third-order valence-electron chi connectivity index (χ3n) is 2.88. The summed E-state index contributed by atoms with van der Waals surface area (Å²) < 4.78 is 5.67. The fourth-order valence-electron chi connectivity index (χ4n) is 1.93. The lowest BCUT2D eigenvalue weighted by Gasteiger charge is -2.16. The van der Waals surface area contributed by atoms with Crippen LogP contribution < -0.4 is 10.1 Å². The molecule has 0 aliphatic rings. The Morgan fingerprint density at radius 1 is 1.24 bits per heavy atom. The van der Waals surface area contributed by atoms with E-state index in [1.54, 1.807) is 6.92 Å². The predicted octanol–water partition coefficient (Wildman–Crippen LogP) is 2.39. The molecule has 5 heteroatoms. The van der Waals surface area contributed by atoms with Gasteiger partial charge in [-0.3, -0.25) is 9.59 Å². The molecule has 1 amide bonds. The van der Waals surface area contributed by atoms with Crippen LogP contribution in [0.1, 0.15) is 39.2 Å². The zero-order valence-corrected chi connectivity index (χ0v) is 12.8. The maximum atomic E-state index is 12.0. The van der Waals surface area contributed by atoms with Gasteiger partial charge in [0.25, 0.3) is 0 Å². The molecule has 0 bridgehead atoms. The molecule has 1 rings (SSSR count). The summed E-state index contributed by atoms with van der Waals surface area (Å²) in [7, 11) is 0. The van der Waals surface area contributed by atoms with Gasteiger partial charge in [-0.05, 0) is 33.3 Å². The minimum atomic E-state index is -0.855. The van der Waals surface area contributed by atoms with Crippen LogP contribution in [0.25, 0.3) is 0 Å². The van der Waals surface area contributed by atoms with E-state index in [9.17, 15) is 9.59 Å². The van der Waals surface area contributed by atoms with Crippen molar-refractivity contribution in [2.45, 2.75) is 52.2 Å². The van der Waals surface area contributed by atoms with E-state index in [1.165, 1.54) is 0 Å². The summed E-state index contributed by atoms with van der Waals surface area (Å²) in [5.74, 6) is -0.277. The average molecular weight is 293 g/mol. The molecule has 1 aromatic carbocycles. The van der Waals surface area contributed by atoms with Gasteiger partial charge in [0, 0.05) is 18.0 Å². The van der Waals surface area contributed by atoms with Crippen molar-refractivity contribution >= 4 is 11.9 Å². The highest BCUT2D eigenvalue weighted by Crippen LogP contribution is 2.19. The van der Waals surface area contributed by atoms with E-state index in [4.69, 9.17) is 9.84 Å². The Hall–Kier alpha value is -2.04. The first kappa shape index (κ1) is 17.0. The van der Waals surface area contributed by atoms with Crippen molar-refractivity contribution in [3.63, 3.8) is 0 Å². The smallest absolute Gasteiger partial charge is 0.303 e. The molecule has 0 spiro atoms. The number of para-hydroxylation sites is 1. The van der Waals surface area contributed by atoms with Crippen LogP contribution in [0.2, 0.25) is 0 Å². The molecular formula is C16H23NO4. The first-order valence-corrected chi connectivity index (χ1v) is 7.14. The maximum Gasteiger partial charge on any atom is 0.303 e. The first-order valence-electron chi connectivity index (χ1n) is 7.14. The lowest BCUT2D eigenvalue weighted by Crippen LogP contribution is -2.34. The number of nitrogens with one attached hydrogen (secondary N) is 1. The number of ether oxygens (including phenoxy) is 1. The highest BCUT2D eigenvalue weighted by Gasteiger charge is 2.12. The molecule has 0 aromatic heterocycles. The summed E-state index contributed by atoms with van der Waals surface area (Å²) in [6.07, 6.45) is 0.740. The van der Waals surface area contributed by atoms with Gasteiger partial charge in [0.1, 0.15) is 5.75 Å². The molecule has 1 unspecified atom stereocenters. The third-order valence-corrected chi connectivity index (χ3v) is 2.88. The van der Waals surface area contributed by atoms with E-state index >= 15 is 0 Å². The van der Waals surface area contributed by atoms with Crippen LogP contribution in [-0.2, 0) is 16.0 Å². The first-order chi connectivity index (χ1) is 9.88. The molecule has 0 fully saturated rings. The van der Waals surface area contributed by atoms with E-state index in [0.29, 0.717) is 12.2 Å². The van der Waals surface area contributed by atoms with Crippen molar-refractivity contribution in [2.75, 3.05) is 0 Å². The number of carbonyl (C=O) groups is 2. The second-order valence-electron chi connectivity index (χ2n) is 5.35. The molecule has 0 aliphatic carbocycles. The summed E-state index contributed by atoms with van der Waals surface area (Å²) in [6.45, 7) is 5.67. The molecule has 0 radical (unpaired) electrons. The number of carboxylic acid groups (broad SMARTS) is 1. The lowest BCUT2D eigenvalue weighted by atomic mass is 10.1. The Kier molecular flexibility index (Phi) is 6.72. The van der Waals surface area contributed by atoms with Crippen LogP contribution in [0.5, 0.6) is 5.75 Å². The number of hydrogen-bond donors (Lipinski definition) is 2. The fraction of sp³-hybridized carbons (Fsp3) is 0.500. The van der Waals surface area contributed by atoms with Crippen LogP contribution in [0, 0.1) is 0 Å². The number of benzene rings is 1. The van der Waals surface area contributed by atoms with Crippen molar-refractivity contribution in [1.29, 1.82) is 0 Å². The van der Waals surface area contributed by atoms with Crippen LogP contribution in [0.15, 0.2) is 24.3 Å². The van der Waals surface area contributed by atoms with Gasteiger partial charge in [-0.25, -0.2) is 0 Å². The topological polar surface area (TPSA) is 75.6 Å². The summed E-state index contributed by atoms with van der Waals surface area (Å²) in [6, 6.07) is 7.28. The maximum absolute atomic E-state index is 12.0. The number of hydrogen-bond acceptors (Lipinski definition) is 3. The van der Waals surface area contributed by atoms with Gasteiger partial charge in [0.05, 0.1) is 12.5 Å². The van der Waals surface area contributed by atoms with Gasteiger partial charge in [0.2, 0.25) is 5.91 Å². The van der Waals surface area contributed by atoms with Gasteiger partial charge in [-0.1, -0.05) is 18.2 Å². The van der Waals surface area contributed by atoms with Crippen LogP contribution in [-0.4, -0.2) is 29.1 Å². The number of carboxylic acids is 1. The highest BCUT2D eigenvalue weighted by atomic mass is 16.5. The second-order valence-corrected chi connectivity index (χ2v) is 5.35. The van der Waals surface area contributed by atoms with Crippen molar-refractivity contribution in [3.05, 3.63) is 29.8 Å². The summed E-state index contributed by atoms with van der Waals surface area (Å²) in [5.41, 5.74) is 0.828. The second kappa shape index (κ2) is 8.29. The standard InChI is InChI=1S/C16H23NO4/c1-11(2)21-14-7-5-4-6-13(14)10-15(18)17-12(3)8-9-16(19)20/h4-7,11-12H,8-10H2,1-3H3,(H,17,18)(H,19,20). The van der Waals surface area contributed by atoms with Gasteiger partial charge in [-0.2, -0.15) is 0 Å². The third kappa shape index (κ3) is 6.79. The fourth-order valence-corrected chi connectivity index (χ4v) is 1.93. The zero-order chi connectivity index (χ0) is 15.8. The molecule has 0 saturated carbocycles. The number of aliphatic carboxylic acids is 1. The van der Waals surface area contributed by atoms with E-state index in [2.05, 4.69) is 5.32 Å². The molecule has 5 nitrogen and oxygen atoms in total. The lowest BCUT2D eigenvalue weighted by molar-refractivity contribution is -0.137. The molecule has 0 saturated heterocycles. The van der Waals surface area contributed by atoms with Gasteiger partial charge < -0.3 is 15.2 Å². The van der Waals surface area contributed by atoms with Gasteiger partial charge in [-0.15, -0.1) is 0 Å². The quantitative estimate of drug-likeness (QED) is 0.771. The van der Waals surface area contributed by atoms with E-state index in [0.717, 1.165) is 5.56 Å². The summed E-state index contributed by atoms with van der Waals surface area (Å²) in [4.78, 5) is 22.5. The van der Waals surface area contributed by atoms with Gasteiger partial charge >= 0.3 is 5.97 Å². The summed E-state index contributed by atoms with van der Waals surface area (Å²) >= 11 is 0. The van der Waals surface area contributed by atoms with E-state index < -0.39 is 5.97 Å². The predicted molar refractivity (Wildman–Crippen MR) is 80.4 cm³/mol. The number of amides is 1. The molecule has 2 N–H and O–H groups in total. The molecule has 0 heterocycles. The minimum absolute atomic E-state index is 0.0451. The number of rotatable bonds is 8. The van der Waals surface area contributed by atoms with Crippen LogP contribution in [0.4, 0.5) is 0 Å². The Bertz CT molecular complexity index is 485. The molecular weight excluding hydrogens is 270 g/mol. The highest BCUT2D eigenvalue weighted by molar-refractivity contribution is 5.79. The summed E-state index contributed by atoms with van der Waals surface area (Å²) in [5, 5.41) is 11.4. The number of carbonyl (C=O) groups excluding carboxylic acids is 1. The molecule has 116 valence electrons. The molecule has 21 heavy (non-hydrogen) atoms. The van der Waals surface area contributed by atoms with Gasteiger partial charge in [0.15, 0.2) is 0 Å². The molecule has 1 aromatic rings. The Morgan fingerprint density at radius 2 is 1.90 bits per heavy atom. The Balaban J connectivity index is 2.56. The van der Waals surface area contributed by atoms with Crippen LogP contribution >= 0.6 is 0 Å². The Morgan fingerprint density at radius 3 is 2.52 bits per heavy atom. The molecule has 0 aliphatic heterocycles. The average Bonchev–Trinajstić information content (AvgIpc) is 2.38. The SMILES string of the molecule is CC(CCC(=O)O)NC(=O)Cc1ccccc1OC(C)C. The monoisotopic (exact) mass is 293 g/mol. The zero-order valence-electron chi connectivity index (χ0n) is 12.8. The van der Waals surface area contributed by atoms with E-state index in [1.807, 2.05) is 38.1 Å². The van der Waals surface area contributed by atoms with Crippen molar-refractivity contribution in [1.82, 2.24) is 5.32 Å². The largest absolute Gasteiger partial charge is 0.491 e. The molecule has 1 atom stereocenters. The van der Waals surface area contributed by atoms with Crippen LogP contribution in [0.3, 0.4) is 0 Å². The van der Waals surface area contributed by atoms with E-state index in [-0.39, 0.29) is 30.9 Å². The van der Waals surface area contributed by atoms with Crippen molar-refractivity contribution in [3.8, 4) is 5.75 Å². The van der Waals surface area contributed by atoms with Crippen molar-refractivity contribution in [2.24, 2.45) is 0 Å². The van der Waals surface area contributed by atoms with Crippen molar-refractivity contribution < 1.29 is 19.4 Å². The normalized spacial score (nSPS) is 12.0. The minimum Gasteiger partial charge on any atom is -0.491 e. The Labute approximate surface area is 125 Å².